The lowest BCUT2D eigenvalue weighted by Crippen LogP contribution is -2.31. The zero-order chi connectivity index (χ0) is 35.3. The Hall–Kier alpha value is -4.98. The van der Waals surface area contributed by atoms with Gasteiger partial charge in [-0.2, -0.15) is 0 Å². The Bertz CT molecular complexity index is 2120. The van der Waals surface area contributed by atoms with E-state index in [0.29, 0.717) is 11.8 Å². The molecule has 252 valence electrons. The SMILES string of the molecule is CC(C)c1ccc(-c2cccc3c2C([Si](C)(C)C2=C(c4ccccc4)Cc4cccc(-c5ccc(C(C)C)cc5)c42)=C(c2ccccc2)C3)cc1. The molecule has 0 unspecified atom stereocenters. The van der Waals surface area contributed by atoms with Gasteiger partial charge in [0.25, 0.3) is 0 Å². The smallest absolute Gasteiger partial charge is 0.0622 e. The second-order valence-electron chi connectivity index (χ2n) is 15.7. The number of hydrogen-bond acceptors (Lipinski definition) is 0. The Kier molecular flexibility index (Phi) is 8.64. The fourth-order valence-corrected chi connectivity index (χ4v) is 12.9. The van der Waals surface area contributed by atoms with Crippen molar-refractivity contribution in [3.8, 4) is 22.3 Å². The molecule has 0 saturated heterocycles. The standard InChI is InChI=1S/C50H48Si/c1-33(2)35-23-27-39(28-24-35)43-21-13-19-41-31-45(37-15-9-7-10-16-37)49(47(41)43)51(5,6)50-46(38-17-11-8-12-18-38)32-42-20-14-22-44(48(42)50)40-29-25-36(26-30-40)34(3)4/h7-30,33-34H,31-32H2,1-6H3. The average Bonchev–Trinajstić information content (AvgIpc) is 3.77. The molecule has 8 rings (SSSR count). The van der Waals surface area contributed by atoms with Crippen LogP contribution in [0.25, 0.3) is 43.8 Å². The first-order valence-electron chi connectivity index (χ1n) is 18.8. The molecule has 0 aliphatic heterocycles. The lowest BCUT2D eigenvalue weighted by Gasteiger charge is -2.33. The molecule has 0 nitrogen and oxygen atoms in total. The Morgan fingerprint density at radius 2 is 0.765 bits per heavy atom. The van der Waals surface area contributed by atoms with Gasteiger partial charge in [-0.15, -0.1) is 0 Å². The van der Waals surface area contributed by atoms with Crippen molar-refractivity contribution in [3.05, 3.63) is 190 Å². The van der Waals surface area contributed by atoms with E-state index in [1.165, 1.54) is 77.9 Å². The van der Waals surface area contributed by atoms with E-state index in [2.05, 4.69) is 186 Å². The molecule has 0 aromatic heterocycles. The van der Waals surface area contributed by atoms with E-state index in [4.69, 9.17) is 0 Å². The molecular weight excluding hydrogens is 629 g/mol. The van der Waals surface area contributed by atoms with Crippen molar-refractivity contribution in [3.63, 3.8) is 0 Å². The van der Waals surface area contributed by atoms with Crippen LogP contribution in [0.3, 0.4) is 0 Å². The maximum Gasteiger partial charge on any atom is 0.114 e. The van der Waals surface area contributed by atoms with E-state index in [1.54, 1.807) is 10.4 Å². The number of hydrogen-bond donors (Lipinski definition) is 0. The largest absolute Gasteiger partial charge is 0.114 e. The summed E-state index contributed by atoms with van der Waals surface area (Å²) in [5.74, 6) is 1.02. The highest BCUT2D eigenvalue weighted by molar-refractivity contribution is 7.10. The second-order valence-corrected chi connectivity index (χ2v) is 19.9. The minimum atomic E-state index is -2.46. The van der Waals surface area contributed by atoms with Crippen LogP contribution >= 0.6 is 0 Å². The molecule has 0 fully saturated rings. The highest BCUT2D eigenvalue weighted by atomic mass is 28.3. The number of fused-ring (bicyclic) bond motifs is 2. The van der Waals surface area contributed by atoms with Crippen molar-refractivity contribution in [2.24, 2.45) is 0 Å². The van der Waals surface area contributed by atoms with Gasteiger partial charge in [0, 0.05) is 0 Å². The highest BCUT2D eigenvalue weighted by Crippen LogP contribution is 2.55. The predicted molar refractivity (Wildman–Crippen MR) is 223 cm³/mol. The Morgan fingerprint density at radius 3 is 1.12 bits per heavy atom. The van der Waals surface area contributed by atoms with Crippen LogP contribution in [0.2, 0.25) is 13.1 Å². The van der Waals surface area contributed by atoms with Crippen LogP contribution in [-0.2, 0) is 12.8 Å². The minimum Gasteiger partial charge on any atom is -0.0622 e. The van der Waals surface area contributed by atoms with E-state index in [1.807, 2.05) is 0 Å². The Labute approximate surface area is 306 Å². The van der Waals surface area contributed by atoms with E-state index in [9.17, 15) is 0 Å². The van der Waals surface area contributed by atoms with Crippen LogP contribution in [0, 0.1) is 0 Å². The van der Waals surface area contributed by atoms with E-state index >= 15 is 0 Å². The molecule has 0 heterocycles. The fraction of sp³-hybridized carbons (Fsp3) is 0.200. The molecule has 51 heavy (non-hydrogen) atoms. The lowest BCUT2D eigenvalue weighted by molar-refractivity contribution is 0.867. The summed E-state index contributed by atoms with van der Waals surface area (Å²) in [5, 5.41) is 3.18. The minimum absolute atomic E-state index is 0.508. The molecule has 0 atom stereocenters. The maximum absolute atomic E-state index is 2.64. The van der Waals surface area contributed by atoms with Gasteiger partial charge in [0.1, 0.15) is 8.07 Å². The van der Waals surface area contributed by atoms with Gasteiger partial charge in [-0.05, 0) is 113 Å². The van der Waals surface area contributed by atoms with Gasteiger partial charge in [0.2, 0.25) is 0 Å². The Balaban J connectivity index is 1.41. The molecule has 2 aliphatic carbocycles. The fourth-order valence-electron chi connectivity index (χ4n) is 8.80. The van der Waals surface area contributed by atoms with Crippen molar-refractivity contribution >= 4 is 29.6 Å². The summed E-state index contributed by atoms with van der Waals surface area (Å²) < 4.78 is 0. The monoisotopic (exact) mass is 676 g/mol. The molecular formula is C50H48Si. The summed E-state index contributed by atoms with van der Waals surface area (Å²) in [4.78, 5) is 0. The van der Waals surface area contributed by atoms with Gasteiger partial charge in [0.15, 0.2) is 0 Å². The second kappa shape index (κ2) is 13.3. The highest BCUT2D eigenvalue weighted by Gasteiger charge is 2.44. The third-order valence-corrected chi connectivity index (χ3v) is 15.0. The van der Waals surface area contributed by atoms with Crippen LogP contribution in [0.5, 0.6) is 0 Å². The first kappa shape index (κ1) is 33.2. The van der Waals surface area contributed by atoms with Crippen LogP contribution in [-0.4, -0.2) is 8.07 Å². The van der Waals surface area contributed by atoms with E-state index < -0.39 is 8.07 Å². The van der Waals surface area contributed by atoms with Crippen LogP contribution in [0.1, 0.15) is 84.0 Å². The first-order valence-corrected chi connectivity index (χ1v) is 21.8. The molecule has 0 bridgehead atoms. The molecule has 0 spiro atoms. The normalized spacial score (nSPS) is 14.1. The first-order chi connectivity index (χ1) is 24.7. The zero-order valence-electron chi connectivity index (χ0n) is 30.9. The molecule has 2 aliphatic rings. The van der Waals surface area contributed by atoms with Gasteiger partial charge >= 0.3 is 0 Å². The van der Waals surface area contributed by atoms with Crippen molar-refractivity contribution in [1.29, 1.82) is 0 Å². The van der Waals surface area contributed by atoms with Gasteiger partial charge in [-0.3, -0.25) is 0 Å². The lowest BCUT2D eigenvalue weighted by atomic mass is 9.94. The summed E-state index contributed by atoms with van der Waals surface area (Å²) in [6.45, 7) is 14.4. The molecule has 0 amide bonds. The number of rotatable bonds is 8. The van der Waals surface area contributed by atoms with Gasteiger partial charge in [-0.25, -0.2) is 0 Å². The van der Waals surface area contributed by atoms with Gasteiger partial charge in [-0.1, -0.05) is 186 Å². The molecule has 1 heteroatoms. The molecule has 0 radical (unpaired) electrons. The van der Waals surface area contributed by atoms with Crippen LogP contribution in [0.15, 0.2) is 146 Å². The van der Waals surface area contributed by atoms with E-state index in [-0.39, 0.29) is 0 Å². The molecule has 0 saturated carbocycles. The third-order valence-electron chi connectivity index (χ3n) is 11.4. The summed E-state index contributed by atoms with van der Waals surface area (Å²) in [6, 6.07) is 55.3. The predicted octanol–water partition coefficient (Wildman–Crippen LogP) is 13.7. The maximum atomic E-state index is 2.64. The van der Waals surface area contributed by atoms with Crippen molar-refractivity contribution in [1.82, 2.24) is 0 Å². The average molecular weight is 677 g/mol. The topological polar surface area (TPSA) is 0 Å². The van der Waals surface area contributed by atoms with Crippen molar-refractivity contribution < 1.29 is 0 Å². The Morgan fingerprint density at radius 1 is 0.392 bits per heavy atom. The van der Waals surface area contributed by atoms with E-state index in [0.717, 1.165) is 12.8 Å². The number of allylic oxidation sites excluding steroid dienone is 2. The van der Waals surface area contributed by atoms with Crippen molar-refractivity contribution in [2.75, 3.05) is 0 Å². The van der Waals surface area contributed by atoms with Crippen LogP contribution in [0.4, 0.5) is 0 Å². The number of benzene rings is 6. The van der Waals surface area contributed by atoms with Gasteiger partial charge < -0.3 is 0 Å². The molecule has 0 N–H and O–H groups in total. The zero-order valence-corrected chi connectivity index (χ0v) is 31.9. The van der Waals surface area contributed by atoms with Crippen molar-refractivity contribution in [2.45, 2.75) is 65.5 Å². The summed E-state index contributed by atoms with van der Waals surface area (Å²) in [6.07, 6.45) is 1.92. The molecule has 6 aromatic rings. The van der Waals surface area contributed by atoms with Crippen LogP contribution < -0.4 is 0 Å². The molecule has 6 aromatic carbocycles. The van der Waals surface area contributed by atoms with Gasteiger partial charge in [0.05, 0.1) is 0 Å². The summed E-state index contributed by atoms with van der Waals surface area (Å²) >= 11 is 0. The summed E-state index contributed by atoms with van der Waals surface area (Å²) in [7, 11) is -2.46. The quantitative estimate of drug-likeness (QED) is 0.141. The third kappa shape index (κ3) is 5.88. The summed E-state index contributed by atoms with van der Waals surface area (Å²) in [5.41, 5.74) is 19.7.